The highest BCUT2D eigenvalue weighted by molar-refractivity contribution is 5.86. The Bertz CT molecular complexity index is 749. The van der Waals surface area contributed by atoms with E-state index in [-0.39, 0.29) is 30.6 Å². The highest BCUT2D eigenvalue weighted by Gasteiger charge is 2.31. The zero-order chi connectivity index (χ0) is 22.8. The lowest BCUT2D eigenvalue weighted by atomic mass is 9.91. The fraction of sp³-hybridized carbons (Fsp3) is 0.640. The number of aliphatic carboxylic acids is 1. The summed E-state index contributed by atoms with van der Waals surface area (Å²) in [7, 11) is 0. The number of benzene rings is 1. The number of carbonyl (C=O) groups is 3. The molecule has 2 aliphatic heterocycles. The van der Waals surface area contributed by atoms with Crippen LogP contribution >= 0.6 is 0 Å². The van der Waals surface area contributed by atoms with Crippen molar-refractivity contribution in [3.8, 4) is 0 Å². The van der Waals surface area contributed by atoms with Gasteiger partial charge < -0.3 is 20.6 Å². The van der Waals surface area contributed by atoms with Crippen LogP contribution in [0.1, 0.15) is 56.9 Å². The lowest BCUT2D eigenvalue weighted by Crippen LogP contribution is -2.45. The molecule has 2 atom stereocenters. The number of amides is 2. The van der Waals surface area contributed by atoms with Gasteiger partial charge in [-0.25, -0.2) is 0 Å². The quantitative estimate of drug-likeness (QED) is 0.488. The molecule has 7 nitrogen and oxygen atoms in total. The highest BCUT2D eigenvalue weighted by Crippen LogP contribution is 2.24. The minimum Gasteiger partial charge on any atom is -0.481 e. The van der Waals surface area contributed by atoms with Crippen LogP contribution in [0.4, 0.5) is 0 Å². The van der Waals surface area contributed by atoms with Gasteiger partial charge in [0.25, 0.3) is 0 Å². The molecule has 7 heteroatoms. The molecule has 0 saturated carbocycles. The van der Waals surface area contributed by atoms with Crippen molar-refractivity contribution in [2.75, 3.05) is 26.2 Å². The van der Waals surface area contributed by atoms with Crippen molar-refractivity contribution in [2.45, 2.75) is 63.8 Å². The van der Waals surface area contributed by atoms with Gasteiger partial charge in [-0.3, -0.25) is 14.4 Å². The molecule has 1 aromatic rings. The number of likely N-dealkylation sites (tertiary alicyclic amines) is 1. The summed E-state index contributed by atoms with van der Waals surface area (Å²) < 4.78 is 0. The zero-order valence-electron chi connectivity index (χ0n) is 18.9. The summed E-state index contributed by atoms with van der Waals surface area (Å²) in [6.07, 6.45) is 6.31. The Morgan fingerprint density at radius 1 is 1.16 bits per heavy atom. The normalized spacial score (nSPS) is 20.7. The van der Waals surface area contributed by atoms with Crippen molar-refractivity contribution in [2.24, 2.45) is 11.8 Å². The first kappa shape index (κ1) is 24.2. The molecule has 0 spiro atoms. The van der Waals surface area contributed by atoms with E-state index in [4.69, 9.17) is 0 Å². The Kier molecular flexibility index (Phi) is 9.53. The number of aryl methyl sites for hydroxylation is 1. The molecule has 1 unspecified atom stereocenters. The van der Waals surface area contributed by atoms with E-state index in [0.29, 0.717) is 18.8 Å². The summed E-state index contributed by atoms with van der Waals surface area (Å²) >= 11 is 0. The second-order valence-electron chi connectivity index (χ2n) is 9.24. The summed E-state index contributed by atoms with van der Waals surface area (Å²) in [6.45, 7) is 3.67. The molecule has 0 aliphatic carbocycles. The van der Waals surface area contributed by atoms with Crippen molar-refractivity contribution in [3.63, 3.8) is 0 Å². The standard InChI is InChI=1S/C25H37N3O4/c29-23(27-22(18-24(30)31)9-8-19-5-2-1-3-6-19)17-21-7-4-15-28(25(21)32)16-12-20-10-13-26-14-11-20/h1-3,5-6,20-22,26H,4,7-18H2,(H,27,29)(H,30,31)/t21?,22-/m1/s1. The Balaban J connectivity index is 1.47. The number of carboxylic acid groups (broad SMARTS) is 1. The Labute approximate surface area is 190 Å². The second-order valence-corrected chi connectivity index (χ2v) is 9.24. The molecule has 32 heavy (non-hydrogen) atoms. The molecule has 2 fully saturated rings. The largest absolute Gasteiger partial charge is 0.481 e. The fourth-order valence-electron chi connectivity index (χ4n) is 4.87. The summed E-state index contributed by atoms with van der Waals surface area (Å²) in [6, 6.07) is 9.40. The number of hydrogen-bond acceptors (Lipinski definition) is 4. The van der Waals surface area contributed by atoms with Crippen molar-refractivity contribution in [1.82, 2.24) is 15.5 Å². The smallest absolute Gasteiger partial charge is 0.305 e. The monoisotopic (exact) mass is 443 g/mol. The Morgan fingerprint density at radius 3 is 2.62 bits per heavy atom. The molecular weight excluding hydrogens is 406 g/mol. The van der Waals surface area contributed by atoms with Crippen LogP contribution in [-0.4, -0.2) is 60.0 Å². The van der Waals surface area contributed by atoms with Gasteiger partial charge in [-0.15, -0.1) is 0 Å². The van der Waals surface area contributed by atoms with Gasteiger partial charge in [0, 0.05) is 31.5 Å². The van der Waals surface area contributed by atoms with Gasteiger partial charge in [0.2, 0.25) is 11.8 Å². The van der Waals surface area contributed by atoms with Crippen molar-refractivity contribution in [3.05, 3.63) is 35.9 Å². The molecular formula is C25H37N3O4. The molecule has 176 valence electrons. The number of hydrogen-bond donors (Lipinski definition) is 3. The molecule has 0 aromatic heterocycles. The van der Waals surface area contributed by atoms with Crippen molar-refractivity contribution < 1.29 is 19.5 Å². The lowest BCUT2D eigenvalue weighted by molar-refractivity contribution is -0.142. The van der Waals surface area contributed by atoms with Crippen LogP contribution in [0.5, 0.6) is 0 Å². The van der Waals surface area contributed by atoms with Gasteiger partial charge in [0.1, 0.15) is 0 Å². The third-order valence-electron chi connectivity index (χ3n) is 6.75. The van der Waals surface area contributed by atoms with E-state index in [1.807, 2.05) is 35.2 Å². The maximum absolute atomic E-state index is 12.9. The number of rotatable bonds is 11. The van der Waals surface area contributed by atoms with Crippen LogP contribution in [0.25, 0.3) is 0 Å². The summed E-state index contributed by atoms with van der Waals surface area (Å²) in [4.78, 5) is 38.8. The Morgan fingerprint density at radius 2 is 1.91 bits per heavy atom. The van der Waals surface area contributed by atoms with Crippen molar-refractivity contribution in [1.29, 1.82) is 0 Å². The molecule has 1 aromatic carbocycles. The molecule has 3 rings (SSSR count). The molecule has 2 aliphatic rings. The van der Waals surface area contributed by atoms with E-state index in [1.54, 1.807) is 0 Å². The van der Waals surface area contributed by atoms with Crippen LogP contribution in [0, 0.1) is 11.8 Å². The molecule has 3 N–H and O–H groups in total. The first-order valence-electron chi connectivity index (χ1n) is 12.1. The fourth-order valence-corrected chi connectivity index (χ4v) is 4.87. The van der Waals surface area contributed by atoms with E-state index in [2.05, 4.69) is 10.6 Å². The average molecular weight is 444 g/mol. The number of carbonyl (C=O) groups excluding carboxylic acids is 2. The number of nitrogens with one attached hydrogen (secondary N) is 2. The van der Waals surface area contributed by atoms with Gasteiger partial charge in [-0.05, 0) is 69.5 Å². The molecule has 2 saturated heterocycles. The van der Waals surface area contributed by atoms with Gasteiger partial charge >= 0.3 is 5.97 Å². The molecule has 0 bridgehead atoms. The van der Waals surface area contributed by atoms with E-state index < -0.39 is 12.0 Å². The van der Waals surface area contributed by atoms with Crippen LogP contribution in [-0.2, 0) is 20.8 Å². The molecule has 2 heterocycles. The SMILES string of the molecule is O=C(O)C[C@@H](CCc1ccccc1)NC(=O)CC1CCCN(CCC2CCNCC2)C1=O. The second kappa shape index (κ2) is 12.6. The number of nitrogens with zero attached hydrogens (tertiary/aromatic N) is 1. The van der Waals surface area contributed by atoms with Crippen LogP contribution < -0.4 is 10.6 Å². The maximum Gasteiger partial charge on any atom is 0.305 e. The maximum atomic E-state index is 12.9. The highest BCUT2D eigenvalue weighted by atomic mass is 16.4. The van der Waals surface area contributed by atoms with Gasteiger partial charge in [0.15, 0.2) is 0 Å². The minimum absolute atomic E-state index is 0.0828. The predicted molar refractivity (Wildman–Crippen MR) is 123 cm³/mol. The van der Waals surface area contributed by atoms with E-state index in [1.165, 1.54) is 12.8 Å². The first-order valence-corrected chi connectivity index (χ1v) is 12.1. The third-order valence-corrected chi connectivity index (χ3v) is 6.75. The van der Waals surface area contributed by atoms with Gasteiger partial charge in [-0.1, -0.05) is 30.3 Å². The average Bonchev–Trinajstić information content (AvgIpc) is 2.79. The number of piperidine rings is 2. The predicted octanol–water partition coefficient (Wildman–Crippen LogP) is 2.60. The van der Waals surface area contributed by atoms with Crippen molar-refractivity contribution >= 4 is 17.8 Å². The van der Waals surface area contributed by atoms with E-state index >= 15 is 0 Å². The summed E-state index contributed by atoms with van der Waals surface area (Å²) in [5, 5.41) is 15.5. The van der Waals surface area contributed by atoms with Gasteiger partial charge in [0.05, 0.1) is 6.42 Å². The van der Waals surface area contributed by atoms with Crippen LogP contribution in [0.15, 0.2) is 30.3 Å². The van der Waals surface area contributed by atoms with E-state index in [9.17, 15) is 19.5 Å². The summed E-state index contributed by atoms with van der Waals surface area (Å²) in [5.41, 5.74) is 1.11. The zero-order valence-corrected chi connectivity index (χ0v) is 18.9. The molecule has 0 radical (unpaired) electrons. The third kappa shape index (κ3) is 7.93. The van der Waals surface area contributed by atoms with E-state index in [0.717, 1.165) is 51.0 Å². The molecule has 2 amide bonds. The van der Waals surface area contributed by atoms with Crippen LogP contribution in [0.3, 0.4) is 0 Å². The van der Waals surface area contributed by atoms with Crippen LogP contribution in [0.2, 0.25) is 0 Å². The summed E-state index contributed by atoms with van der Waals surface area (Å²) in [5.74, 6) is -0.686. The number of carboxylic acids is 1. The lowest BCUT2D eigenvalue weighted by Gasteiger charge is -2.34. The van der Waals surface area contributed by atoms with Gasteiger partial charge in [-0.2, -0.15) is 0 Å². The first-order chi connectivity index (χ1) is 15.5. The Hall–Kier alpha value is -2.41. The minimum atomic E-state index is -0.929. The topological polar surface area (TPSA) is 98.7 Å².